The number of carbonyl (C=O) groups is 1. The van der Waals surface area contributed by atoms with Crippen LogP contribution < -0.4 is 10.6 Å². The number of nitrogens with zero attached hydrogens (tertiary/aromatic N) is 1. The van der Waals surface area contributed by atoms with E-state index >= 15 is 0 Å². The van der Waals surface area contributed by atoms with Gasteiger partial charge in [-0.3, -0.25) is 4.79 Å². The summed E-state index contributed by atoms with van der Waals surface area (Å²) in [7, 11) is 0. The summed E-state index contributed by atoms with van der Waals surface area (Å²) in [4.78, 5) is 14.0. The molecule has 17 heavy (non-hydrogen) atoms. The topological polar surface area (TPSA) is 46.3 Å². The lowest BCUT2D eigenvalue weighted by molar-refractivity contribution is -0.118. The number of fused-ring (bicyclic) bond motifs is 1. The van der Waals surface area contributed by atoms with Gasteiger partial charge in [0, 0.05) is 24.7 Å². The third kappa shape index (κ3) is 2.67. The van der Waals surface area contributed by atoms with Crippen molar-refractivity contribution in [1.82, 2.24) is 0 Å². The van der Waals surface area contributed by atoms with Crippen molar-refractivity contribution in [3.63, 3.8) is 0 Å². The molecule has 0 aromatic heterocycles. The molecule has 2 N–H and O–H groups in total. The number of carbonyl (C=O) groups excluding carboxylic acids is 1. The molecule has 0 spiro atoms. The molecule has 2 rings (SSSR count). The maximum atomic E-state index is 12.1. The standard InChI is InChI=1S/C14H20N2O/c1-2-5-12(15)10-14(17)16-9-8-11-6-3-4-7-13(11)16/h3-4,6-7,12H,2,5,8-10,15H2,1H3. The molecule has 1 aromatic rings. The van der Waals surface area contributed by atoms with Crippen molar-refractivity contribution in [3.8, 4) is 0 Å². The third-order valence-corrected chi connectivity index (χ3v) is 3.28. The molecule has 1 atom stereocenters. The van der Waals surface area contributed by atoms with Gasteiger partial charge in [0.1, 0.15) is 0 Å². The van der Waals surface area contributed by atoms with Crippen LogP contribution in [0.15, 0.2) is 24.3 Å². The van der Waals surface area contributed by atoms with Crippen molar-refractivity contribution < 1.29 is 4.79 Å². The lowest BCUT2D eigenvalue weighted by atomic mass is 10.1. The van der Waals surface area contributed by atoms with E-state index < -0.39 is 0 Å². The van der Waals surface area contributed by atoms with E-state index in [1.807, 2.05) is 23.1 Å². The SMILES string of the molecule is CCCC(N)CC(=O)N1CCc2ccccc21. The average molecular weight is 232 g/mol. The van der Waals surface area contributed by atoms with E-state index in [0.717, 1.165) is 31.5 Å². The molecule has 1 unspecified atom stereocenters. The number of benzene rings is 1. The van der Waals surface area contributed by atoms with Crippen LogP contribution in [0.3, 0.4) is 0 Å². The molecule has 1 aromatic carbocycles. The van der Waals surface area contributed by atoms with Gasteiger partial charge in [0.2, 0.25) is 5.91 Å². The summed E-state index contributed by atoms with van der Waals surface area (Å²) < 4.78 is 0. The molecule has 0 saturated heterocycles. The van der Waals surface area contributed by atoms with Crippen LogP contribution in [0.4, 0.5) is 5.69 Å². The second kappa shape index (κ2) is 5.32. The molecule has 1 amide bonds. The number of rotatable bonds is 4. The van der Waals surface area contributed by atoms with Gasteiger partial charge in [-0.1, -0.05) is 31.5 Å². The molecule has 1 aliphatic rings. The Balaban J connectivity index is 2.02. The third-order valence-electron chi connectivity index (χ3n) is 3.28. The van der Waals surface area contributed by atoms with Gasteiger partial charge < -0.3 is 10.6 Å². The van der Waals surface area contributed by atoms with Crippen LogP contribution in [0.5, 0.6) is 0 Å². The smallest absolute Gasteiger partial charge is 0.228 e. The Morgan fingerprint density at radius 2 is 2.24 bits per heavy atom. The Hall–Kier alpha value is -1.35. The van der Waals surface area contributed by atoms with Crippen LogP contribution >= 0.6 is 0 Å². The number of anilines is 1. The first kappa shape index (κ1) is 12.1. The van der Waals surface area contributed by atoms with Gasteiger partial charge in [0.05, 0.1) is 0 Å². The molecular weight excluding hydrogens is 212 g/mol. The quantitative estimate of drug-likeness (QED) is 0.864. The zero-order chi connectivity index (χ0) is 12.3. The van der Waals surface area contributed by atoms with Crippen molar-refractivity contribution in [2.75, 3.05) is 11.4 Å². The molecule has 0 aliphatic carbocycles. The Morgan fingerprint density at radius 1 is 1.47 bits per heavy atom. The summed E-state index contributed by atoms with van der Waals surface area (Å²) in [5.41, 5.74) is 8.26. The number of nitrogens with two attached hydrogens (primary N) is 1. The predicted molar refractivity (Wildman–Crippen MR) is 70.0 cm³/mol. The van der Waals surface area contributed by atoms with Crippen molar-refractivity contribution in [3.05, 3.63) is 29.8 Å². The van der Waals surface area contributed by atoms with Crippen molar-refractivity contribution in [2.45, 2.75) is 38.6 Å². The number of para-hydroxylation sites is 1. The normalized spacial score (nSPS) is 15.8. The predicted octanol–water partition coefficient (Wildman–Crippen LogP) is 2.09. The Bertz CT molecular complexity index is 403. The Kier molecular flexibility index (Phi) is 3.79. The molecular formula is C14H20N2O. The largest absolute Gasteiger partial charge is 0.327 e. The monoisotopic (exact) mass is 232 g/mol. The van der Waals surface area contributed by atoms with Crippen molar-refractivity contribution >= 4 is 11.6 Å². The second-order valence-electron chi connectivity index (χ2n) is 4.68. The molecule has 0 saturated carbocycles. The number of hydrogen-bond acceptors (Lipinski definition) is 2. The first-order chi connectivity index (χ1) is 8.22. The first-order valence-corrected chi connectivity index (χ1v) is 6.36. The minimum atomic E-state index is 0.000243. The van der Waals surface area contributed by atoms with Crippen LogP contribution in [-0.4, -0.2) is 18.5 Å². The highest BCUT2D eigenvalue weighted by Crippen LogP contribution is 2.28. The lowest BCUT2D eigenvalue weighted by Crippen LogP contribution is -2.34. The zero-order valence-electron chi connectivity index (χ0n) is 10.4. The minimum Gasteiger partial charge on any atom is -0.327 e. The molecule has 3 nitrogen and oxygen atoms in total. The van der Waals surface area contributed by atoms with Crippen molar-refractivity contribution in [2.24, 2.45) is 5.73 Å². The highest BCUT2D eigenvalue weighted by molar-refractivity contribution is 5.95. The van der Waals surface area contributed by atoms with Crippen LogP contribution in [0, 0.1) is 0 Å². The molecule has 0 fully saturated rings. The molecule has 92 valence electrons. The van der Waals surface area contributed by atoms with E-state index in [0.29, 0.717) is 6.42 Å². The Morgan fingerprint density at radius 3 is 3.00 bits per heavy atom. The second-order valence-corrected chi connectivity index (χ2v) is 4.68. The van der Waals surface area contributed by atoms with Gasteiger partial charge in [0.25, 0.3) is 0 Å². The molecule has 3 heteroatoms. The van der Waals surface area contributed by atoms with Crippen LogP contribution in [0.2, 0.25) is 0 Å². The van der Waals surface area contributed by atoms with Gasteiger partial charge in [-0.25, -0.2) is 0 Å². The van der Waals surface area contributed by atoms with Gasteiger partial charge >= 0.3 is 0 Å². The van der Waals surface area contributed by atoms with Crippen molar-refractivity contribution in [1.29, 1.82) is 0 Å². The van der Waals surface area contributed by atoms with Gasteiger partial charge in [-0.15, -0.1) is 0 Å². The number of hydrogen-bond donors (Lipinski definition) is 1. The minimum absolute atomic E-state index is 0.000243. The lowest BCUT2D eigenvalue weighted by Gasteiger charge is -2.19. The maximum Gasteiger partial charge on any atom is 0.228 e. The number of amides is 1. The summed E-state index contributed by atoms with van der Waals surface area (Å²) in [6.07, 6.45) is 3.37. The molecule has 0 bridgehead atoms. The average Bonchev–Trinajstić information content (AvgIpc) is 2.72. The van der Waals surface area contributed by atoms with E-state index in [2.05, 4.69) is 13.0 Å². The van der Waals surface area contributed by atoms with E-state index in [4.69, 9.17) is 5.73 Å². The Labute approximate surface area is 103 Å². The fraction of sp³-hybridized carbons (Fsp3) is 0.500. The molecule has 0 radical (unpaired) electrons. The summed E-state index contributed by atoms with van der Waals surface area (Å²) in [5, 5.41) is 0. The fourth-order valence-corrected chi connectivity index (χ4v) is 2.40. The summed E-state index contributed by atoms with van der Waals surface area (Å²) in [5.74, 6) is 0.163. The van der Waals surface area contributed by atoms with E-state index in [-0.39, 0.29) is 11.9 Å². The van der Waals surface area contributed by atoms with Crippen LogP contribution in [0.25, 0.3) is 0 Å². The van der Waals surface area contributed by atoms with E-state index in [9.17, 15) is 4.79 Å². The first-order valence-electron chi connectivity index (χ1n) is 6.36. The summed E-state index contributed by atoms with van der Waals surface area (Å²) >= 11 is 0. The highest BCUT2D eigenvalue weighted by Gasteiger charge is 2.24. The van der Waals surface area contributed by atoms with Crippen LogP contribution in [0.1, 0.15) is 31.7 Å². The van der Waals surface area contributed by atoms with E-state index in [1.54, 1.807) is 0 Å². The summed E-state index contributed by atoms with van der Waals surface area (Å²) in [6, 6.07) is 8.12. The highest BCUT2D eigenvalue weighted by atomic mass is 16.2. The van der Waals surface area contributed by atoms with E-state index in [1.165, 1.54) is 5.56 Å². The molecule has 1 aliphatic heterocycles. The van der Waals surface area contributed by atoms with Gasteiger partial charge in [-0.2, -0.15) is 0 Å². The fourth-order valence-electron chi connectivity index (χ4n) is 2.40. The van der Waals surface area contributed by atoms with Gasteiger partial charge in [0.15, 0.2) is 0 Å². The zero-order valence-corrected chi connectivity index (χ0v) is 10.4. The maximum absolute atomic E-state index is 12.1. The summed E-state index contributed by atoms with van der Waals surface area (Å²) in [6.45, 7) is 2.90. The van der Waals surface area contributed by atoms with Gasteiger partial charge in [-0.05, 0) is 24.5 Å². The van der Waals surface area contributed by atoms with Crippen LogP contribution in [-0.2, 0) is 11.2 Å². The molecule has 1 heterocycles.